The van der Waals surface area contributed by atoms with E-state index in [1.54, 1.807) is 4.90 Å². The zero-order valence-electron chi connectivity index (χ0n) is 9.94. The lowest BCUT2D eigenvalue weighted by Gasteiger charge is -2.23. The van der Waals surface area contributed by atoms with Crippen molar-refractivity contribution >= 4 is 11.5 Å². The highest BCUT2D eigenvalue weighted by Crippen LogP contribution is 2.36. The topological polar surface area (TPSA) is 102 Å². The molecule has 1 aromatic heterocycles. The van der Waals surface area contributed by atoms with Crippen LogP contribution in [0.3, 0.4) is 0 Å². The molecule has 2 heterocycles. The molecule has 1 aromatic rings. The fourth-order valence-electron chi connectivity index (χ4n) is 2.18. The van der Waals surface area contributed by atoms with Crippen molar-refractivity contribution in [3.05, 3.63) is 16.4 Å². The number of hydrogen-bond acceptors (Lipinski definition) is 7. The van der Waals surface area contributed by atoms with Crippen molar-refractivity contribution < 1.29 is 14.8 Å². The summed E-state index contributed by atoms with van der Waals surface area (Å²) in [4.78, 5) is 20.0. The molecule has 1 aliphatic rings. The number of aromatic nitrogens is 2. The molecule has 1 N–H and O–H groups in total. The molecule has 8 nitrogen and oxygen atoms in total. The number of hydrogen-bond donors (Lipinski definition) is 1. The number of methoxy groups -OCH3 is 1. The summed E-state index contributed by atoms with van der Waals surface area (Å²) >= 11 is 0. The highest BCUT2D eigenvalue weighted by molar-refractivity contribution is 5.63. The second kappa shape index (κ2) is 5.13. The van der Waals surface area contributed by atoms with Gasteiger partial charge in [0.05, 0.1) is 24.7 Å². The van der Waals surface area contributed by atoms with E-state index in [-0.39, 0.29) is 30.0 Å². The highest BCUT2D eigenvalue weighted by atomic mass is 16.6. The minimum Gasteiger partial charge on any atom is -0.476 e. The van der Waals surface area contributed by atoms with Crippen LogP contribution in [0, 0.1) is 10.1 Å². The van der Waals surface area contributed by atoms with E-state index in [1.165, 1.54) is 13.4 Å². The maximum atomic E-state index is 11.1. The Hall–Kier alpha value is -1.96. The minimum absolute atomic E-state index is 0.0521. The van der Waals surface area contributed by atoms with Crippen molar-refractivity contribution in [3.8, 4) is 5.88 Å². The fourth-order valence-corrected chi connectivity index (χ4v) is 2.18. The van der Waals surface area contributed by atoms with Crippen LogP contribution in [0.2, 0.25) is 0 Å². The summed E-state index contributed by atoms with van der Waals surface area (Å²) in [5.74, 6) is 0.150. The molecule has 18 heavy (non-hydrogen) atoms. The molecule has 2 rings (SSSR count). The summed E-state index contributed by atoms with van der Waals surface area (Å²) in [5, 5.41) is 20.4. The smallest absolute Gasteiger partial charge is 0.372 e. The molecule has 1 unspecified atom stereocenters. The second-order valence-corrected chi connectivity index (χ2v) is 3.98. The van der Waals surface area contributed by atoms with Gasteiger partial charge < -0.3 is 14.7 Å². The van der Waals surface area contributed by atoms with Crippen LogP contribution in [0.4, 0.5) is 11.5 Å². The van der Waals surface area contributed by atoms with Gasteiger partial charge >= 0.3 is 5.69 Å². The van der Waals surface area contributed by atoms with Gasteiger partial charge in [0, 0.05) is 6.54 Å². The molecule has 0 radical (unpaired) electrons. The van der Waals surface area contributed by atoms with Crippen LogP contribution in [0.1, 0.15) is 12.8 Å². The first-order valence-corrected chi connectivity index (χ1v) is 5.60. The predicted molar refractivity (Wildman–Crippen MR) is 62.7 cm³/mol. The van der Waals surface area contributed by atoms with Gasteiger partial charge in [-0.05, 0) is 12.8 Å². The van der Waals surface area contributed by atoms with Gasteiger partial charge in [-0.2, -0.15) is 4.98 Å². The van der Waals surface area contributed by atoms with Gasteiger partial charge in [0.1, 0.15) is 6.33 Å². The Kier molecular flexibility index (Phi) is 3.56. The molecule has 0 spiro atoms. The van der Waals surface area contributed by atoms with Crippen LogP contribution >= 0.6 is 0 Å². The normalized spacial score (nSPS) is 19.0. The average molecular weight is 254 g/mol. The van der Waals surface area contributed by atoms with Crippen LogP contribution in [-0.2, 0) is 0 Å². The SMILES string of the molecule is COc1ncnc(N2CCCC2CO)c1[N+](=O)[O-]. The van der Waals surface area contributed by atoms with Gasteiger partial charge in [0.25, 0.3) is 5.88 Å². The minimum atomic E-state index is -0.555. The van der Waals surface area contributed by atoms with Gasteiger partial charge in [-0.1, -0.05) is 0 Å². The lowest BCUT2D eigenvalue weighted by atomic mass is 10.2. The Morgan fingerprint density at radius 1 is 1.67 bits per heavy atom. The van der Waals surface area contributed by atoms with E-state index in [9.17, 15) is 15.2 Å². The summed E-state index contributed by atoms with van der Waals surface area (Å²) in [6.07, 6.45) is 2.89. The van der Waals surface area contributed by atoms with E-state index in [0.717, 1.165) is 12.8 Å². The lowest BCUT2D eigenvalue weighted by Crippen LogP contribution is -2.33. The van der Waals surface area contributed by atoms with Gasteiger partial charge in [0.15, 0.2) is 0 Å². The van der Waals surface area contributed by atoms with Crippen LogP contribution in [0.15, 0.2) is 6.33 Å². The standard InChI is InChI=1S/C10H14N4O4/c1-18-10-8(14(16)17)9(11-6-12-10)13-4-2-3-7(13)5-15/h6-7,15H,2-5H2,1H3. The Bertz CT molecular complexity index is 454. The average Bonchev–Trinajstić information content (AvgIpc) is 2.85. The number of ether oxygens (including phenoxy) is 1. The van der Waals surface area contributed by atoms with Crippen molar-refractivity contribution in [3.63, 3.8) is 0 Å². The van der Waals surface area contributed by atoms with Gasteiger partial charge in [0.2, 0.25) is 5.82 Å². The number of aliphatic hydroxyl groups is 1. The van der Waals surface area contributed by atoms with E-state index < -0.39 is 4.92 Å². The summed E-state index contributed by atoms with van der Waals surface area (Å²) in [6, 6.07) is -0.136. The monoisotopic (exact) mass is 254 g/mol. The highest BCUT2D eigenvalue weighted by Gasteiger charge is 2.33. The molecule has 1 fully saturated rings. The Morgan fingerprint density at radius 3 is 3.06 bits per heavy atom. The molecule has 0 saturated carbocycles. The number of anilines is 1. The first kappa shape index (κ1) is 12.5. The molecule has 1 aliphatic heterocycles. The maximum absolute atomic E-state index is 11.1. The molecule has 0 aliphatic carbocycles. The molecule has 0 aromatic carbocycles. The van der Waals surface area contributed by atoms with Gasteiger partial charge in [-0.15, -0.1) is 0 Å². The molecular weight excluding hydrogens is 240 g/mol. The van der Waals surface area contributed by atoms with Crippen molar-refractivity contribution in [2.75, 3.05) is 25.2 Å². The summed E-state index contributed by atoms with van der Waals surface area (Å²) < 4.78 is 4.89. The van der Waals surface area contributed by atoms with Crippen molar-refractivity contribution in [2.45, 2.75) is 18.9 Å². The third-order valence-corrected chi connectivity index (χ3v) is 3.01. The maximum Gasteiger partial charge on any atom is 0.372 e. The lowest BCUT2D eigenvalue weighted by molar-refractivity contribution is -0.385. The first-order chi connectivity index (χ1) is 8.69. The Balaban J connectivity index is 2.46. The van der Waals surface area contributed by atoms with Crippen molar-refractivity contribution in [2.24, 2.45) is 0 Å². The number of aliphatic hydroxyl groups excluding tert-OH is 1. The molecule has 0 amide bonds. The largest absolute Gasteiger partial charge is 0.476 e. The fraction of sp³-hybridized carbons (Fsp3) is 0.600. The summed E-state index contributed by atoms with van der Waals surface area (Å²) in [7, 11) is 1.33. The predicted octanol–water partition coefficient (Wildman–Crippen LogP) is 0.354. The molecular formula is C10H14N4O4. The molecule has 8 heteroatoms. The van der Waals surface area contributed by atoms with Gasteiger partial charge in [-0.3, -0.25) is 10.1 Å². The van der Waals surface area contributed by atoms with Crippen LogP contribution in [-0.4, -0.2) is 46.3 Å². The molecule has 1 saturated heterocycles. The zero-order valence-corrected chi connectivity index (χ0v) is 9.94. The summed E-state index contributed by atoms with van der Waals surface area (Å²) in [6.45, 7) is 0.579. The van der Waals surface area contributed by atoms with Gasteiger partial charge in [-0.25, -0.2) is 4.98 Å². The van der Waals surface area contributed by atoms with E-state index in [1.807, 2.05) is 0 Å². The molecule has 1 atom stereocenters. The quantitative estimate of drug-likeness (QED) is 0.611. The Labute approximate surface area is 103 Å². The number of nitrogens with zero attached hydrogens (tertiary/aromatic N) is 4. The van der Waals surface area contributed by atoms with E-state index in [0.29, 0.717) is 6.54 Å². The number of rotatable bonds is 4. The third-order valence-electron chi connectivity index (χ3n) is 3.01. The summed E-state index contributed by atoms with van der Waals surface area (Å²) in [5.41, 5.74) is -0.250. The van der Waals surface area contributed by atoms with Crippen molar-refractivity contribution in [1.29, 1.82) is 0 Å². The molecule has 0 bridgehead atoms. The first-order valence-electron chi connectivity index (χ1n) is 5.60. The molecule has 98 valence electrons. The zero-order chi connectivity index (χ0) is 13.1. The number of nitro groups is 1. The second-order valence-electron chi connectivity index (χ2n) is 3.98. The van der Waals surface area contributed by atoms with E-state index in [2.05, 4.69) is 9.97 Å². The third kappa shape index (κ3) is 2.06. The van der Waals surface area contributed by atoms with Crippen LogP contribution < -0.4 is 9.64 Å². The van der Waals surface area contributed by atoms with E-state index in [4.69, 9.17) is 4.74 Å². The van der Waals surface area contributed by atoms with Crippen molar-refractivity contribution in [1.82, 2.24) is 9.97 Å². The van der Waals surface area contributed by atoms with Crippen LogP contribution in [0.25, 0.3) is 0 Å². The van der Waals surface area contributed by atoms with Crippen LogP contribution in [0.5, 0.6) is 5.88 Å². The van der Waals surface area contributed by atoms with E-state index >= 15 is 0 Å². The Morgan fingerprint density at radius 2 is 2.44 bits per heavy atom.